The molecule has 0 fully saturated rings. The predicted molar refractivity (Wildman–Crippen MR) is 83.7 cm³/mol. The number of aliphatic carboxylic acids is 1. The summed E-state index contributed by atoms with van der Waals surface area (Å²) in [7, 11) is 0. The van der Waals surface area contributed by atoms with Crippen molar-refractivity contribution in [3.8, 4) is 11.4 Å². The fourth-order valence-electron chi connectivity index (χ4n) is 2.29. The summed E-state index contributed by atoms with van der Waals surface area (Å²) in [5.41, 5.74) is 0.816. The molecule has 0 unspecified atom stereocenters. The third-order valence-electron chi connectivity index (χ3n) is 3.49. The summed E-state index contributed by atoms with van der Waals surface area (Å²) < 4.78 is 14.5. The lowest BCUT2D eigenvalue weighted by Gasteiger charge is -2.23. The van der Waals surface area contributed by atoms with E-state index >= 15 is 0 Å². The van der Waals surface area contributed by atoms with Crippen molar-refractivity contribution in [2.45, 2.75) is 26.8 Å². The minimum absolute atomic E-state index is 0.256. The fourth-order valence-corrected chi connectivity index (χ4v) is 2.29. The number of carboxylic acids is 1. The normalized spacial score (nSPS) is 10.9. The standard InChI is InChI=1S/C16H18FN3O4/c1-9(2)19(8-14(22)23)16(24)15-13(21)7-20(18-15)12-5-4-11(17)6-10(12)3/h4-7,9,21H,8H2,1-3H3,(H,22,23). The van der Waals surface area contributed by atoms with Crippen LogP contribution in [0.25, 0.3) is 5.69 Å². The predicted octanol–water partition coefficient (Wildman–Crippen LogP) is 1.96. The van der Waals surface area contributed by atoms with Crippen LogP contribution in [0.3, 0.4) is 0 Å². The highest BCUT2D eigenvalue weighted by Crippen LogP contribution is 2.22. The maximum atomic E-state index is 13.2. The van der Waals surface area contributed by atoms with E-state index in [0.717, 1.165) is 4.90 Å². The molecule has 0 spiro atoms. The minimum atomic E-state index is -1.16. The molecular weight excluding hydrogens is 317 g/mol. The molecule has 0 aliphatic heterocycles. The highest BCUT2D eigenvalue weighted by Gasteiger charge is 2.26. The van der Waals surface area contributed by atoms with Gasteiger partial charge in [0.2, 0.25) is 0 Å². The first-order chi connectivity index (χ1) is 11.2. The van der Waals surface area contributed by atoms with Gasteiger partial charge in [-0.2, -0.15) is 5.10 Å². The van der Waals surface area contributed by atoms with Crippen LogP contribution >= 0.6 is 0 Å². The number of hydrogen-bond donors (Lipinski definition) is 2. The molecule has 2 rings (SSSR count). The van der Waals surface area contributed by atoms with Crippen molar-refractivity contribution in [3.05, 3.63) is 41.5 Å². The Balaban J connectivity index is 2.40. The molecular formula is C16H18FN3O4. The Morgan fingerprint density at radius 1 is 1.38 bits per heavy atom. The molecule has 7 nitrogen and oxygen atoms in total. The molecule has 2 aromatic rings. The number of halogens is 1. The van der Waals surface area contributed by atoms with E-state index in [1.54, 1.807) is 20.8 Å². The first-order valence-electron chi connectivity index (χ1n) is 7.28. The van der Waals surface area contributed by atoms with Gasteiger partial charge in [0, 0.05) is 6.04 Å². The van der Waals surface area contributed by atoms with Crippen molar-refractivity contribution < 1.29 is 24.2 Å². The summed E-state index contributed by atoms with van der Waals surface area (Å²) in [5.74, 6) is -2.63. The molecule has 1 amide bonds. The second kappa shape index (κ2) is 6.69. The zero-order valence-electron chi connectivity index (χ0n) is 13.5. The van der Waals surface area contributed by atoms with Gasteiger partial charge in [-0.15, -0.1) is 0 Å². The average molecular weight is 335 g/mol. The number of benzene rings is 1. The number of aryl methyl sites for hydroxylation is 1. The van der Waals surface area contributed by atoms with E-state index in [-0.39, 0.29) is 17.5 Å². The molecule has 1 heterocycles. The highest BCUT2D eigenvalue weighted by molar-refractivity contribution is 5.96. The van der Waals surface area contributed by atoms with Crippen molar-refractivity contribution in [2.75, 3.05) is 6.54 Å². The topological polar surface area (TPSA) is 95.7 Å². The average Bonchev–Trinajstić information content (AvgIpc) is 2.85. The summed E-state index contributed by atoms with van der Waals surface area (Å²) >= 11 is 0. The molecule has 24 heavy (non-hydrogen) atoms. The van der Waals surface area contributed by atoms with Gasteiger partial charge in [0.15, 0.2) is 11.4 Å². The fraction of sp³-hybridized carbons (Fsp3) is 0.312. The number of carboxylic acid groups (broad SMARTS) is 1. The van der Waals surface area contributed by atoms with Gasteiger partial charge in [-0.1, -0.05) is 0 Å². The monoisotopic (exact) mass is 335 g/mol. The van der Waals surface area contributed by atoms with Crippen LogP contribution < -0.4 is 0 Å². The number of rotatable bonds is 5. The first kappa shape index (κ1) is 17.5. The van der Waals surface area contributed by atoms with Crippen LogP contribution in [-0.2, 0) is 4.79 Å². The smallest absolute Gasteiger partial charge is 0.323 e. The van der Waals surface area contributed by atoms with Crippen molar-refractivity contribution in [3.63, 3.8) is 0 Å². The van der Waals surface area contributed by atoms with Crippen molar-refractivity contribution in [1.82, 2.24) is 14.7 Å². The molecule has 1 aromatic heterocycles. The van der Waals surface area contributed by atoms with Gasteiger partial charge in [0.05, 0.1) is 11.9 Å². The van der Waals surface area contributed by atoms with E-state index in [1.165, 1.54) is 29.1 Å². The van der Waals surface area contributed by atoms with Gasteiger partial charge >= 0.3 is 5.97 Å². The number of aromatic hydroxyl groups is 1. The second-order valence-electron chi connectivity index (χ2n) is 5.66. The summed E-state index contributed by atoms with van der Waals surface area (Å²) in [5, 5.41) is 23.0. The molecule has 0 saturated heterocycles. The van der Waals surface area contributed by atoms with Crippen LogP contribution in [0.1, 0.15) is 29.9 Å². The molecule has 8 heteroatoms. The summed E-state index contributed by atoms with van der Waals surface area (Å²) in [4.78, 5) is 24.5. The Morgan fingerprint density at radius 3 is 2.58 bits per heavy atom. The minimum Gasteiger partial charge on any atom is -0.504 e. The summed E-state index contributed by atoms with van der Waals surface area (Å²) in [6.45, 7) is 4.50. The van der Waals surface area contributed by atoms with Crippen molar-refractivity contribution >= 4 is 11.9 Å². The quantitative estimate of drug-likeness (QED) is 0.871. The van der Waals surface area contributed by atoms with Crippen LogP contribution in [0, 0.1) is 12.7 Å². The molecule has 2 N–H and O–H groups in total. The Morgan fingerprint density at radius 2 is 2.04 bits per heavy atom. The van der Waals surface area contributed by atoms with Crippen molar-refractivity contribution in [2.24, 2.45) is 0 Å². The Labute approximate surface area is 137 Å². The molecule has 0 atom stereocenters. The number of amides is 1. The lowest BCUT2D eigenvalue weighted by molar-refractivity contribution is -0.138. The number of hydrogen-bond acceptors (Lipinski definition) is 4. The third-order valence-corrected chi connectivity index (χ3v) is 3.49. The Hall–Kier alpha value is -2.90. The number of carbonyl (C=O) groups excluding carboxylic acids is 1. The molecule has 1 aromatic carbocycles. The van der Waals surface area contributed by atoms with Gasteiger partial charge in [-0.05, 0) is 44.5 Å². The number of nitrogens with zero attached hydrogens (tertiary/aromatic N) is 3. The van der Waals surface area contributed by atoms with E-state index in [4.69, 9.17) is 5.11 Å². The van der Waals surface area contributed by atoms with Crippen molar-refractivity contribution in [1.29, 1.82) is 0 Å². The SMILES string of the molecule is Cc1cc(F)ccc1-n1cc(O)c(C(=O)N(CC(=O)O)C(C)C)n1. The lowest BCUT2D eigenvalue weighted by atomic mass is 10.2. The molecule has 0 saturated carbocycles. The molecule has 0 aliphatic carbocycles. The zero-order valence-corrected chi connectivity index (χ0v) is 13.5. The van der Waals surface area contributed by atoms with Crippen LogP contribution in [0.15, 0.2) is 24.4 Å². The van der Waals surface area contributed by atoms with Crippen LogP contribution in [0.5, 0.6) is 5.75 Å². The van der Waals surface area contributed by atoms with E-state index in [2.05, 4.69) is 5.10 Å². The highest BCUT2D eigenvalue weighted by atomic mass is 19.1. The van der Waals surface area contributed by atoms with Gasteiger partial charge in [-0.3, -0.25) is 9.59 Å². The van der Waals surface area contributed by atoms with E-state index in [9.17, 15) is 19.1 Å². The molecule has 0 bridgehead atoms. The van der Waals surface area contributed by atoms with E-state index in [0.29, 0.717) is 11.3 Å². The van der Waals surface area contributed by atoms with Crippen LogP contribution in [-0.4, -0.2) is 49.4 Å². The van der Waals surface area contributed by atoms with Gasteiger partial charge < -0.3 is 15.1 Å². The summed E-state index contributed by atoms with van der Waals surface area (Å²) in [6.07, 6.45) is 1.23. The Bertz CT molecular complexity index is 786. The maximum Gasteiger partial charge on any atom is 0.323 e. The molecule has 0 radical (unpaired) electrons. The third kappa shape index (κ3) is 3.53. The lowest BCUT2D eigenvalue weighted by Crippen LogP contribution is -2.40. The van der Waals surface area contributed by atoms with Gasteiger partial charge in [0.25, 0.3) is 5.91 Å². The first-order valence-corrected chi connectivity index (χ1v) is 7.28. The number of carbonyl (C=O) groups is 2. The number of aromatic nitrogens is 2. The van der Waals surface area contributed by atoms with Crippen LogP contribution in [0.4, 0.5) is 4.39 Å². The summed E-state index contributed by atoms with van der Waals surface area (Å²) in [6, 6.07) is 3.64. The largest absolute Gasteiger partial charge is 0.504 e. The second-order valence-corrected chi connectivity index (χ2v) is 5.66. The zero-order chi connectivity index (χ0) is 18.0. The maximum absolute atomic E-state index is 13.2. The molecule has 0 aliphatic rings. The van der Waals surface area contributed by atoms with E-state index in [1.807, 2.05) is 0 Å². The van der Waals surface area contributed by atoms with Crippen LogP contribution in [0.2, 0.25) is 0 Å². The Kier molecular flexibility index (Phi) is 4.87. The van der Waals surface area contributed by atoms with E-state index < -0.39 is 24.2 Å². The van der Waals surface area contributed by atoms with Gasteiger partial charge in [0.1, 0.15) is 12.4 Å². The molecule has 128 valence electrons. The van der Waals surface area contributed by atoms with Gasteiger partial charge in [-0.25, -0.2) is 9.07 Å².